The molecule has 4 aromatic carbocycles. The molecule has 4 nitrogen and oxygen atoms in total. The Labute approximate surface area is 190 Å². The van der Waals surface area contributed by atoms with Gasteiger partial charge in [0.2, 0.25) is 0 Å². The molecule has 162 valence electrons. The lowest BCUT2D eigenvalue weighted by Crippen LogP contribution is -2.30. The van der Waals surface area contributed by atoms with Gasteiger partial charge in [0.15, 0.2) is 0 Å². The fourth-order valence-electron chi connectivity index (χ4n) is 3.63. The molecule has 0 heterocycles. The van der Waals surface area contributed by atoms with E-state index in [9.17, 15) is 0 Å². The molecule has 0 atom stereocenters. The van der Waals surface area contributed by atoms with Crippen molar-refractivity contribution in [3.63, 3.8) is 0 Å². The SMILES string of the molecule is C(=NCCNCCNCCN=Cc1ccc2ccccc2c1)c1ccc2ccccc2c1. The Morgan fingerprint density at radius 2 is 0.938 bits per heavy atom. The summed E-state index contributed by atoms with van der Waals surface area (Å²) >= 11 is 0. The highest BCUT2D eigenvalue weighted by Crippen LogP contribution is 2.15. The van der Waals surface area contributed by atoms with E-state index in [-0.39, 0.29) is 0 Å². The Morgan fingerprint density at radius 3 is 1.41 bits per heavy atom. The lowest BCUT2D eigenvalue weighted by atomic mass is 10.1. The van der Waals surface area contributed by atoms with Crippen LogP contribution in [0.25, 0.3) is 21.5 Å². The van der Waals surface area contributed by atoms with Crippen molar-refractivity contribution in [2.24, 2.45) is 9.98 Å². The van der Waals surface area contributed by atoms with Gasteiger partial charge in [0.25, 0.3) is 0 Å². The molecule has 4 aromatic rings. The molecule has 32 heavy (non-hydrogen) atoms. The van der Waals surface area contributed by atoms with Crippen LogP contribution in [0.15, 0.2) is 94.9 Å². The van der Waals surface area contributed by atoms with E-state index in [1.165, 1.54) is 21.5 Å². The molecule has 0 bridgehead atoms. The maximum atomic E-state index is 4.53. The molecule has 0 radical (unpaired) electrons. The third-order valence-corrected chi connectivity index (χ3v) is 5.34. The van der Waals surface area contributed by atoms with Crippen molar-refractivity contribution in [3.8, 4) is 0 Å². The summed E-state index contributed by atoms with van der Waals surface area (Å²) in [6, 6.07) is 29.7. The van der Waals surface area contributed by atoms with Crippen LogP contribution >= 0.6 is 0 Å². The minimum atomic E-state index is 0.781. The molecule has 0 unspecified atom stereocenters. The molecule has 0 spiro atoms. The standard InChI is InChI=1S/C28H30N4/c1-3-7-27-19-23(9-11-25(27)5-1)21-31-17-15-29-13-14-30-16-18-32-22-24-10-12-26-6-2-4-8-28(26)20-24/h1-12,19-22,29-30H,13-18H2. The van der Waals surface area contributed by atoms with E-state index in [2.05, 4.69) is 106 Å². The molecule has 0 aliphatic heterocycles. The third kappa shape index (κ3) is 6.58. The molecule has 0 aromatic heterocycles. The van der Waals surface area contributed by atoms with Crippen LogP contribution in [0.3, 0.4) is 0 Å². The molecule has 0 saturated heterocycles. The van der Waals surface area contributed by atoms with Crippen molar-refractivity contribution in [2.75, 3.05) is 39.3 Å². The summed E-state index contributed by atoms with van der Waals surface area (Å²) in [6.07, 6.45) is 3.92. The van der Waals surface area contributed by atoms with Crippen LogP contribution < -0.4 is 10.6 Å². The van der Waals surface area contributed by atoms with Gasteiger partial charge < -0.3 is 10.6 Å². The van der Waals surface area contributed by atoms with Crippen LogP contribution in [0.2, 0.25) is 0 Å². The average Bonchev–Trinajstić information content (AvgIpc) is 2.84. The summed E-state index contributed by atoms with van der Waals surface area (Å²) in [4.78, 5) is 9.05. The highest BCUT2D eigenvalue weighted by atomic mass is 15.0. The maximum Gasteiger partial charge on any atom is 0.0514 e. The zero-order chi connectivity index (χ0) is 21.8. The molecule has 0 saturated carbocycles. The summed E-state index contributed by atoms with van der Waals surface area (Å²) in [7, 11) is 0. The Bertz CT molecular complexity index is 1100. The molecular weight excluding hydrogens is 392 g/mol. The van der Waals surface area contributed by atoms with Crippen LogP contribution in [0.1, 0.15) is 11.1 Å². The molecule has 4 rings (SSSR count). The highest BCUT2D eigenvalue weighted by molar-refractivity contribution is 5.91. The molecule has 0 fully saturated rings. The van der Waals surface area contributed by atoms with E-state index in [4.69, 9.17) is 0 Å². The van der Waals surface area contributed by atoms with Gasteiger partial charge in [-0.3, -0.25) is 9.98 Å². The number of hydrogen-bond donors (Lipinski definition) is 2. The van der Waals surface area contributed by atoms with Gasteiger partial charge in [-0.25, -0.2) is 0 Å². The fraction of sp³-hybridized carbons (Fsp3) is 0.214. The van der Waals surface area contributed by atoms with Gasteiger partial charge in [-0.2, -0.15) is 0 Å². The quantitative estimate of drug-likeness (QED) is 0.272. The number of hydrogen-bond acceptors (Lipinski definition) is 4. The first-order chi connectivity index (χ1) is 15.9. The van der Waals surface area contributed by atoms with Crippen LogP contribution in [0.4, 0.5) is 0 Å². The zero-order valence-electron chi connectivity index (χ0n) is 18.4. The first-order valence-corrected chi connectivity index (χ1v) is 11.3. The Kier molecular flexibility index (Phi) is 8.13. The predicted molar refractivity (Wildman–Crippen MR) is 139 cm³/mol. The summed E-state index contributed by atoms with van der Waals surface area (Å²) in [5, 5.41) is 11.9. The smallest absolute Gasteiger partial charge is 0.0514 e. The topological polar surface area (TPSA) is 48.8 Å². The molecule has 0 aliphatic rings. The van der Waals surface area contributed by atoms with Crippen LogP contribution in [0, 0.1) is 0 Å². The number of nitrogens with zero attached hydrogens (tertiary/aromatic N) is 2. The second kappa shape index (κ2) is 11.9. The van der Waals surface area contributed by atoms with Gasteiger partial charge in [-0.15, -0.1) is 0 Å². The summed E-state index contributed by atoms with van der Waals surface area (Å²) in [5.74, 6) is 0. The minimum Gasteiger partial charge on any atom is -0.314 e. The van der Waals surface area contributed by atoms with E-state index in [1.807, 2.05) is 12.4 Å². The number of nitrogens with one attached hydrogen (secondary N) is 2. The second-order valence-electron chi connectivity index (χ2n) is 7.78. The second-order valence-corrected chi connectivity index (χ2v) is 7.78. The molecular formula is C28H30N4. The van der Waals surface area contributed by atoms with Crippen LogP contribution in [-0.4, -0.2) is 51.7 Å². The van der Waals surface area contributed by atoms with Crippen molar-refractivity contribution in [1.82, 2.24) is 10.6 Å². The monoisotopic (exact) mass is 422 g/mol. The molecule has 0 aliphatic carbocycles. The lowest BCUT2D eigenvalue weighted by molar-refractivity contribution is 0.619. The third-order valence-electron chi connectivity index (χ3n) is 5.34. The maximum absolute atomic E-state index is 4.53. The van der Waals surface area contributed by atoms with Gasteiger partial charge in [0, 0.05) is 38.6 Å². The lowest BCUT2D eigenvalue weighted by Gasteiger charge is -2.04. The fourth-order valence-corrected chi connectivity index (χ4v) is 3.63. The zero-order valence-corrected chi connectivity index (χ0v) is 18.4. The largest absolute Gasteiger partial charge is 0.314 e. The van der Waals surface area contributed by atoms with Crippen molar-refractivity contribution >= 4 is 34.0 Å². The number of benzene rings is 4. The van der Waals surface area contributed by atoms with Crippen molar-refractivity contribution < 1.29 is 0 Å². The van der Waals surface area contributed by atoms with Gasteiger partial charge in [0.1, 0.15) is 0 Å². The highest BCUT2D eigenvalue weighted by Gasteiger charge is 1.95. The summed E-state index contributed by atoms with van der Waals surface area (Å²) in [5.41, 5.74) is 2.30. The predicted octanol–water partition coefficient (Wildman–Crippen LogP) is 4.71. The summed E-state index contributed by atoms with van der Waals surface area (Å²) in [6.45, 7) is 5.18. The Hall–Kier alpha value is -3.34. The van der Waals surface area contributed by atoms with E-state index >= 15 is 0 Å². The summed E-state index contributed by atoms with van der Waals surface area (Å²) < 4.78 is 0. The van der Waals surface area contributed by atoms with Crippen molar-refractivity contribution in [1.29, 1.82) is 0 Å². The number of aliphatic imine (C=N–C) groups is 2. The van der Waals surface area contributed by atoms with E-state index < -0.39 is 0 Å². The average molecular weight is 423 g/mol. The van der Waals surface area contributed by atoms with Crippen LogP contribution in [-0.2, 0) is 0 Å². The van der Waals surface area contributed by atoms with Gasteiger partial charge in [-0.05, 0) is 44.8 Å². The van der Waals surface area contributed by atoms with Gasteiger partial charge >= 0.3 is 0 Å². The normalized spacial score (nSPS) is 11.9. The van der Waals surface area contributed by atoms with Crippen LogP contribution in [0.5, 0.6) is 0 Å². The number of rotatable bonds is 11. The molecule has 0 amide bonds. The molecule has 2 N–H and O–H groups in total. The Balaban J connectivity index is 1.05. The van der Waals surface area contributed by atoms with E-state index in [0.29, 0.717) is 0 Å². The number of fused-ring (bicyclic) bond motifs is 2. The van der Waals surface area contributed by atoms with Crippen molar-refractivity contribution in [2.45, 2.75) is 0 Å². The van der Waals surface area contributed by atoms with Crippen molar-refractivity contribution in [3.05, 3.63) is 96.1 Å². The van der Waals surface area contributed by atoms with E-state index in [1.54, 1.807) is 0 Å². The first-order valence-electron chi connectivity index (χ1n) is 11.3. The minimum absolute atomic E-state index is 0.781. The molecule has 4 heteroatoms. The van der Waals surface area contributed by atoms with E-state index in [0.717, 1.165) is 50.4 Å². The Morgan fingerprint density at radius 1 is 0.500 bits per heavy atom. The van der Waals surface area contributed by atoms with Gasteiger partial charge in [0.05, 0.1) is 13.1 Å². The first kappa shape index (κ1) is 21.9. The van der Waals surface area contributed by atoms with Gasteiger partial charge in [-0.1, -0.05) is 72.8 Å².